The summed E-state index contributed by atoms with van der Waals surface area (Å²) in [6.07, 6.45) is 1.13. The van der Waals surface area contributed by atoms with Gasteiger partial charge in [0.05, 0.1) is 0 Å². The van der Waals surface area contributed by atoms with Gasteiger partial charge >= 0.3 is 0 Å². The molecular weight excluding hydrogens is 200 g/mol. The lowest BCUT2D eigenvalue weighted by Gasteiger charge is -2.07. The fourth-order valence-corrected chi connectivity index (χ4v) is 1.47. The summed E-state index contributed by atoms with van der Waals surface area (Å²) < 4.78 is 23.4. The third-order valence-corrected chi connectivity index (χ3v) is 3.21. The number of hydrogen-bond acceptors (Lipinski definition) is 5. The van der Waals surface area contributed by atoms with Crippen LogP contribution in [0.1, 0.15) is 12.3 Å². The zero-order chi connectivity index (χ0) is 9.35. The highest BCUT2D eigenvalue weighted by Crippen LogP contribution is 2.09. The molecule has 12 heavy (non-hydrogen) atoms. The molecule has 0 aliphatic heterocycles. The molecule has 0 spiro atoms. The second-order valence-corrected chi connectivity index (χ2v) is 5.09. The molecule has 1 heterocycles. The van der Waals surface area contributed by atoms with Crippen molar-refractivity contribution in [3.8, 4) is 0 Å². The third kappa shape index (κ3) is 1.69. The average molecular weight is 208 g/mol. The third-order valence-electron chi connectivity index (χ3n) is 1.48. The molecule has 1 N–H and O–H groups in total. The van der Waals surface area contributed by atoms with Crippen LogP contribution in [0.2, 0.25) is 0 Å². The Balaban J connectivity index is 3.18. The standard InChI is InChI=1S/C4H8N4O2S2/c1-3(12(2,9)10)8-4(11)5-6-7-8/h3H,1-2H3,(H,5,7,11). The van der Waals surface area contributed by atoms with Gasteiger partial charge in [-0.1, -0.05) is 10.3 Å². The summed E-state index contributed by atoms with van der Waals surface area (Å²) in [6.45, 7) is 1.50. The van der Waals surface area contributed by atoms with Gasteiger partial charge in [-0.3, -0.25) is 0 Å². The number of hydrogen-bond donors (Lipinski definition) is 1. The molecule has 1 rings (SSSR count). The van der Waals surface area contributed by atoms with E-state index in [1.807, 2.05) is 0 Å². The van der Waals surface area contributed by atoms with Gasteiger partial charge in [-0.05, 0) is 19.1 Å². The van der Waals surface area contributed by atoms with Gasteiger partial charge in [0.25, 0.3) is 0 Å². The van der Waals surface area contributed by atoms with E-state index in [1.54, 1.807) is 0 Å². The van der Waals surface area contributed by atoms with E-state index in [0.717, 1.165) is 6.26 Å². The Kier molecular flexibility index (Phi) is 2.29. The summed E-state index contributed by atoms with van der Waals surface area (Å²) in [7, 11) is -3.16. The van der Waals surface area contributed by atoms with Gasteiger partial charge in [0.1, 0.15) is 0 Å². The zero-order valence-corrected chi connectivity index (χ0v) is 8.18. The minimum atomic E-state index is -3.16. The normalized spacial score (nSPS) is 14.5. The van der Waals surface area contributed by atoms with Crippen molar-refractivity contribution in [2.75, 3.05) is 6.26 Å². The number of sulfone groups is 1. The Hall–Kier alpha value is -0.760. The van der Waals surface area contributed by atoms with Crippen molar-refractivity contribution in [2.24, 2.45) is 0 Å². The van der Waals surface area contributed by atoms with E-state index in [9.17, 15) is 8.42 Å². The van der Waals surface area contributed by atoms with E-state index in [0.29, 0.717) is 0 Å². The van der Waals surface area contributed by atoms with Crippen LogP contribution in [-0.2, 0) is 9.84 Å². The van der Waals surface area contributed by atoms with E-state index in [2.05, 4.69) is 15.5 Å². The highest BCUT2D eigenvalue weighted by molar-refractivity contribution is 7.90. The molecular formula is C4H8N4O2S2. The Morgan fingerprint density at radius 3 is 2.58 bits per heavy atom. The number of tetrazole rings is 1. The molecule has 0 aliphatic rings. The first-order chi connectivity index (χ1) is 5.43. The van der Waals surface area contributed by atoms with Crippen molar-refractivity contribution >= 4 is 22.1 Å². The highest BCUT2D eigenvalue weighted by Gasteiger charge is 2.17. The minimum Gasteiger partial charge on any atom is -0.227 e. The molecule has 6 nitrogen and oxygen atoms in total. The molecule has 1 aromatic rings. The average Bonchev–Trinajstić information content (AvgIpc) is 2.31. The molecule has 0 aliphatic carbocycles. The summed E-state index contributed by atoms with van der Waals surface area (Å²) in [5.41, 5.74) is 0. The first kappa shape index (κ1) is 9.33. The van der Waals surface area contributed by atoms with E-state index in [4.69, 9.17) is 12.2 Å². The molecule has 0 fully saturated rings. The van der Waals surface area contributed by atoms with Crippen LogP contribution in [0.25, 0.3) is 0 Å². The van der Waals surface area contributed by atoms with Crippen molar-refractivity contribution in [2.45, 2.75) is 12.3 Å². The van der Waals surface area contributed by atoms with Gasteiger partial charge in [0.2, 0.25) is 4.77 Å². The number of nitrogens with zero attached hydrogens (tertiary/aromatic N) is 3. The molecule has 1 atom stereocenters. The topological polar surface area (TPSA) is 80.6 Å². The van der Waals surface area contributed by atoms with E-state index in [1.165, 1.54) is 11.6 Å². The van der Waals surface area contributed by atoms with Crippen molar-refractivity contribution < 1.29 is 8.42 Å². The first-order valence-electron chi connectivity index (χ1n) is 3.11. The quantitative estimate of drug-likeness (QED) is 0.686. The fraction of sp³-hybridized carbons (Fsp3) is 0.750. The Morgan fingerprint density at radius 1 is 1.67 bits per heavy atom. The molecule has 0 amide bonds. The van der Waals surface area contributed by atoms with Crippen LogP contribution in [0.5, 0.6) is 0 Å². The summed E-state index contributed by atoms with van der Waals surface area (Å²) in [6, 6.07) is 0. The number of nitrogens with one attached hydrogen (secondary N) is 1. The lowest BCUT2D eigenvalue weighted by Crippen LogP contribution is -2.16. The van der Waals surface area contributed by atoms with Crippen molar-refractivity contribution in [3.63, 3.8) is 0 Å². The lowest BCUT2D eigenvalue weighted by atomic mass is 10.8. The van der Waals surface area contributed by atoms with Crippen LogP contribution in [0.4, 0.5) is 0 Å². The molecule has 0 radical (unpaired) electrons. The van der Waals surface area contributed by atoms with Crippen LogP contribution >= 0.6 is 12.2 Å². The Labute approximate surface area is 74.5 Å². The summed E-state index contributed by atoms with van der Waals surface area (Å²) in [4.78, 5) is 0. The number of H-pyrrole nitrogens is 1. The van der Waals surface area contributed by atoms with Crippen LogP contribution in [0.3, 0.4) is 0 Å². The van der Waals surface area contributed by atoms with Gasteiger partial charge < -0.3 is 0 Å². The molecule has 68 valence electrons. The number of aromatic nitrogens is 4. The SMILES string of the molecule is CC(n1[nH]nnc1=S)S(C)(=O)=O. The molecule has 0 aromatic carbocycles. The van der Waals surface area contributed by atoms with Gasteiger partial charge in [0, 0.05) is 6.26 Å². The predicted molar refractivity (Wildman–Crippen MR) is 44.8 cm³/mol. The summed E-state index contributed by atoms with van der Waals surface area (Å²) in [5, 5.41) is 8.47. The van der Waals surface area contributed by atoms with Gasteiger partial charge in [-0.2, -0.15) is 5.21 Å². The van der Waals surface area contributed by atoms with Crippen LogP contribution < -0.4 is 0 Å². The lowest BCUT2D eigenvalue weighted by molar-refractivity contribution is 0.532. The molecule has 1 unspecified atom stereocenters. The second kappa shape index (κ2) is 2.94. The Bertz CT molecular complexity index is 416. The zero-order valence-electron chi connectivity index (χ0n) is 6.55. The molecule has 0 bridgehead atoms. The van der Waals surface area contributed by atoms with Crippen LogP contribution in [-0.4, -0.2) is 34.9 Å². The Morgan fingerprint density at radius 2 is 2.25 bits per heavy atom. The first-order valence-corrected chi connectivity index (χ1v) is 5.47. The summed E-state index contributed by atoms with van der Waals surface area (Å²) in [5.74, 6) is 0. The van der Waals surface area contributed by atoms with Crippen molar-refractivity contribution in [1.82, 2.24) is 20.2 Å². The smallest absolute Gasteiger partial charge is 0.227 e. The maximum atomic E-state index is 11.0. The maximum Gasteiger partial charge on any atom is 0.239 e. The van der Waals surface area contributed by atoms with Gasteiger partial charge in [-0.25, -0.2) is 13.1 Å². The van der Waals surface area contributed by atoms with Crippen LogP contribution in [0.15, 0.2) is 0 Å². The van der Waals surface area contributed by atoms with Gasteiger partial charge in [0.15, 0.2) is 15.2 Å². The van der Waals surface area contributed by atoms with E-state index >= 15 is 0 Å². The number of aromatic amines is 1. The van der Waals surface area contributed by atoms with E-state index < -0.39 is 15.2 Å². The van der Waals surface area contributed by atoms with Crippen LogP contribution in [0, 0.1) is 4.77 Å². The summed E-state index contributed by atoms with van der Waals surface area (Å²) >= 11 is 4.72. The minimum absolute atomic E-state index is 0.132. The monoisotopic (exact) mass is 208 g/mol. The molecule has 1 aromatic heterocycles. The second-order valence-electron chi connectivity index (χ2n) is 2.38. The number of rotatable bonds is 2. The van der Waals surface area contributed by atoms with E-state index in [-0.39, 0.29) is 4.77 Å². The fourth-order valence-electron chi connectivity index (χ4n) is 0.633. The predicted octanol–water partition coefficient (Wildman–Crippen LogP) is -0.101. The maximum absolute atomic E-state index is 11.0. The largest absolute Gasteiger partial charge is 0.239 e. The molecule has 8 heteroatoms. The van der Waals surface area contributed by atoms with Gasteiger partial charge in [-0.15, -0.1) is 0 Å². The van der Waals surface area contributed by atoms with Crippen molar-refractivity contribution in [1.29, 1.82) is 0 Å². The molecule has 0 saturated heterocycles. The van der Waals surface area contributed by atoms with Crippen molar-refractivity contribution in [3.05, 3.63) is 4.77 Å². The molecule has 0 saturated carbocycles. The highest BCUT2D eigenvalue weighted by atomic mass is 32.2.